The fourth-order valence-electron chi connectivity index (χ4n) is 3.25. The lowest BCUT2D eigenvalue weighted by Gasteiger charge is -2.38. The van der Waals surface area contributed by atoms with Gasteiger partial charge in [0.2, 0.25) is 7.37 Å². The first-order chi connectivity index (χ1) is 9.40. The van der Waals surface area contributed by atoms with E-state index in [9.17, 15) is 4.57 Å². The highest BCUT2D eigenvalue weighted by Gasteiger charge is 2.35. The van der Waals surface area contributed by atoms with Crippen LogP contribution in [0.15, 0.2) is 30.3 Å². The van der Waals surface area contributed by atoms with E-state index >= 15 is 0 Å². The molecule has 112 valence electrons. The lowest BCUT2D eigenvalue weighted by atomic mass is 9.75. The van der Waals surface area contributed by atoms with Gasteiger partial charge < -0.3 is 4.52 Å². The van der Waals surface area contributed by atoms with Gasteiger partial charge in [0.15, 0.2) is 0 Å². The maximum Gasteiger partial charge on any atom is 0.229 e. The van der Waals surface area contributed by atoms with Crippen molar-refractivity contribution in [2.75, 3.05) is 6.66 Å². The van der Waals surface area contributed by atoms with Gasteiger partial charge in [-0.25, -0.2) is 0 Å². The molecule has 1 aromatic carbocycles. The summed E-state index contributed by atoms with van der Waals surface area (Å²) in [7, 11) is -2.72. The van der Waals surface area contributed by atoms with E-state index in [1.165, 1.54) is 12.8 Å². The van der Waals surface area contributed by atoms with E-state index in [-0.39, 0.29) is 6.10 Å². The molecule has 2 rings (SSSR count). The zero-order chi connectivity index (χ0) is 14.8. The molecule has 1 aromatic rings. The van der Waals surface area contributed by atoms with Gasteiger partial charge in [0.1, 0.15) is 0 Å². The molecule has 0 amide bonds. The van der Waals surface area contributed by atoms with Gasteiger partial charge in [-0.05, 0) is 42.7 Å². The monoisotopic (exact) mass is 294 g/mol. The predicted molar refractivity (Wildman–Crippen MR) is 85.8 cm³/mol. The summed E-state index contributed by atoms with van der Waals surface area (Å²) in [6.07, 6.45) is 3.63. The fourth-order valence-corrected chi connectivity index (χ4v) is 4.85. The molecule has 0 heterocycles. The molecule has 0 spiro atoms. The van der Waals surface area contributed by atoms with Crippen LogP contribution in [0.1, 0.15) is 40.0 Å². The molecular weight excluding hydrogens is 267 g/mol. The average molecular weight is 294 g/mol. The summed E-state index contributed by atoms with van der Waals surface area (Å²) >= 11 is 0. The molecule has 20 heavy (non-hydrogen) atoms. The Morgan fingerprint density at radius 3 is 2.45 bits per heavy atom. The zero-order valence-electron chi connectivity index (χ0n) is 13.1. The van der Waals surface area contributed by atoms with Crippen molar-refractivity contribution in [2.45, 2.75) is 46.1 Å². The second kappa shape index (κ2) is 6.45. The minimum absolute atomic E-state index is 0.134. The Labute approximate surface area is 123 Å². The van der Waals surface area contributed by atoms with Crippen LogP contribution in [0.5, 0.6) is 0 Å². The number of benzene rings is 1. The SMILES string of the molecule is CC(C)[C@@H]1CC[C@@H](C)C[C@H]1O[P@@](C)(=O)c1ccccc1. The molecule has 3 heteroatoms. The first-order valence-electron chi connectivity index (χ1n) is 7.71. The fraction of sp³-hybridized carbons (Fsp3) is 0.647. The van der Waals surface area contributed by atoms with Crippen LogP contribution in [-0.4, -0.2) is 12.8 Å². The molecule has 1 aliphatic rings. The quantitative estimate of drug-likeness (QED) is 0.753. The Kier molecular flexibility index (Phi) is 5.09. The zero-order valence-corrected chi connectivity index (χ0v) is 14.0. The van der Waals surface area contributed by atoms with Crippen LogP contribution < -0.4 is 5.30 Å². The molecule has 0 aliphatic heterocycles. The highest BCUT2D eigenvalue weighted by atomic mass is 31.2. The van der Waals surface area contributed by atoms with E-state index in [1.807, 2.05) is 30.3 Å². The third-order valence-corrected chi connectivity index (χ3v) is 6.43. The van der Waals surface area contributed by atoms with Gasteiger partial charge in [0.05, 0.1) is 6.10 Å². The van der Waals surface area contributed by atoms with Crippen molar-refractivity contribution in [2.24, 2.45) is 17.8 Å². The van der Waals surface area contributed by atoms with Crippen molar-refractivity contribution < 1.29 is 9.09 Å². The highest BCUT2D eigenvalue weighted by molar-refractivity contribution is 7.66. The van der Waals surface area contributed by atoms with Gasteiger partial charge in [0.25, 0.3) is 0 Å². The van der Waals surface area contributed by atoms with Crippen molar-refractivity contribution in [1.29, 1.82) is 0 Å². The maximum absolute atomic E-state index is 12.9. The van der Waals surface area contributed by atoms with E-state index in [1.54, 1.807) is 6.66 Å². The first-order valence-corrected chi connectivity index (χ1v) is 9.79. The van der Waals surface area contributed by atoms with Gasteiger partial charge >= 0.3 is 0 Å². The van der Waals surface area contributed by atoms with Crippen LogP contribution >= 0.6 is 7.37 Å². The smallest absolute Gasteiger partial charge is 0.229 e. The van der Waals surface area contributed by atoms with Gasteiger partial charge in [0, 0.05) is 12.0 Å². The molecule has 4 atom stereocenters. The number of hydrogen-bond acceptors (Lipinski definition) is 2. The topological polar surface area (TPSA) is 26.3 Å². The van der Waals surface area contributed by atoms with E-state index in [0.717, 1.165) is 11.7 Å². The van der Waals surface area contributed by atoms with Crippen molar-refractivity contribution in [3.63, 3.8) is 0 Å². The molecule has 0 bridgehead atoms. The molecule has 1 aliphatic carbocycles. The van der Waals surface area contributed by atoms with Crippen molar-refractivity contribution in [3.8, 4) is 0 Å². The lowest BCUT2D eigenvalue weighted by molar-refractivity contribution is 0.0506. The Bertz CT molecular complexity index is 469. The predicted octanol–water partition coefficient (Wildman–Crippen LogP) is 4.70. The Hall–Kier alpha value is -0.590. The normalized spacial score (nSPS) is 30.1. The minimum atomic E-state index is -2.72. The molecule has 0 N–H and O–H groups in total. The molecule has 0 saturated heterocycles. The summed E-state index contributed by atoms with van der Waals surface area (Å²) in [5, 5.41) is 0.834. The molecule has 0 radical (unpaired) electrons. The molecule has 2 nitrogen and oxygen atoms in total. The van der Waals surface area contributed by atoms with Crippen LogP contribution in [0, 0.1) is 17.8 Å². The van der Waals surface area contributed by atoms with Gasteiger partial charge in [-0.2, -0.15) is 0 Å². The molecule has 1 saturated carbocycles. The second-order valence-electron chi connectivity index (χ2n) is 6.65. The van der Waals surface area contributed by atoms with Crippen molar-refractivity contribution >= 4 is 12.7 Å². The standard InChI is InChI=1S/C17H27O2P/c1-13(2)16-11-10-14(3)12-17(16)19-20(4,18)15-8-6-5-7-9-15/h5-9,13-14,16-17H,10-12H2,1-4H3/t14-,16+,17-,20-/m1/s1. The van der Waals surface area contributed by atoms with Crippen molar-refractivity contribution in [1.82, 2.24) is 0 Å². The summed E-state index contributed by atoms with van der Waals surface area (Å²) < 4.78 is 19.1. The third-order valence-electron chi connectivity index (χ3n) is 4.52. The second-order valence-corrected chi connectivity index (χ2v) is 9.07. The van der Waals surface area contributed by atoms with Gasteiger partial charge in [-0.15, -0.1) is 0 Å². The molecule has 0 unspecified atom stereocenters. The van der Waals surface area contributed by atoms with E-state index in [0.29, 0.717) is 17.8 Å². The van der Waals surface area contributed by atoms with E-state index < -0.39 is 7.37 Å². The summed E-state index contributed by atoms with van der Waals surface area (Å²) in [5.41, 5.74) is 0. The molecular formula is C17H27O2P. The Balaban J connectivity index is 2.15. The van der Waals surface area contributed by atoms with Crippen LogP contribution in [0.4, 0.5) is 0 Å². The van der Waals surface area contributed by atoms with Crippen molar-refractivity contribution in [3.05, 3.63) is 30.3 Å². The average Bonchev–Trinajstić information content (AvgIpc) is 2.39. The summed E-state index contributed by atoms with van der Waals surface area (Å²) in [6, 6.07) is 9.63. The maximum atomic E-state index is 12.9. The Morgan fingerprint density at radius 2 is 1.85 bits per heavy atom. The highest BCUT2D eigenvalue weighted by Crippen LogP contribution is 2.48. The summed E-state index contributed by atoms with van der Waals surface area (Å²) in [4.78, 5) is 0. The third kappa shape index (κ3) is 3.74. The summed E-state index contributed by atoms with van der Waals surface area (Å²) in [5.74, 6) is 1.79. The van der Waals surface area contributed by atoms with Crippen LogP contribution in [0.2, 0.25) is 0 Å². The largest absolute Gasteiger partial charge is 0.322 e. The van der Waals surface area contributed by atoms with Crippen LogP contribution in [0.3, 0.4) is 0 Å². The Morgan fingerprint density at radius 1 is 1.20 bits per heavy atom. The minimum Gasteiger partial charge on any atom is -0.322 e. The van der Waals surface area contributed by atoms with Gasteiger partial charge in [-0.3, -0.25) is 4.57 Å². The molecule has 0 aromatic heterocycles. The number of hydrogen-bond donors (Lipinski definition) is 0. The van der Waals surface area contributed by atoms with Crippen LogP contribution in [-0.2, 0) is 9.09 Å². The van der Waals surface area contributed by atoms with Gasteiger partial charge in [-0.1, -0.05) is 45.4 Å². The molecule has 1 fully saturated rings. The number of rotatable bonds is 4. The van der Waals surface area contributed by atoms with Crippen LogP contribution in [0.25, 0.3) is 0 Å². The summed E-state index contributed by atoms with van der Waals surface area (Å²) in [6.45, 7) is 8.54. The van der Waals surface area contributed by atoms with E-state index in [2.05, 4.69) is 20.8 Å². The first kappa shape index (κ1) is 15.8. The lowest BCUT2D eigenvalue weighted by Crippen LogP contribution is -2.34. The van der Waals surface area contributed by atoms with E-state index in [4.69, 9.17) is 4.52 Å².